The van der Waals surface area contributed by atoms with E-state index in [1.807, 2.05) is 24.2 Å². The van der Waals surface area contributed by atoms with Crippen molar-refractivity contribution in [3.05, 3.63) is 30.1 Å². The Morgan fingerprint density at radius 3 is 2.57 bits per heavy atom. The van der Waals surface area contributed by atoms with Crippen molar-refractivity contribution in [3.63, 3.8) is 0 Å². The van der Waals surface area contributed by atoms with Gasteiger partial charge in [-0.25, -0.2) is 0 Å². The normalized spacial score (nSPS) is 15.1. The molecule has 0 aliphatic carbocycles. The molecule has 0 aliphatic heterocycles. The standard InChI is InChI=1S/C11H18N2S/c1-3-8-14-11(9(2)12)10-4-6-13-7-5-10/h4-7,9,11H,3,8,12H2,1-2H3. The third-order valence-corrected chi connectivity index (χ3v) is 3.72. The molecule has 0 aliphatic rings. The molecule has 0 amide bonds. The monoisotopic (exact) mass is 210 g/mol. The Kier molecular flexibility index (Phi) is 4.98. The quantitative estimate of drug-likeness (QED) is 0.812. The van der Waals surface area contributed by atoms with Crippen molar-refractivity contribution in [2.75, 3.05) is 5.75 Å². The molecule has 1 heterocycles. The third-order valence-electron chi connectivity index (χ3n) is 2.01. The topological polar surface area (TPSA) is 38.9 Å². The Labute approximate surface area is 90.3 Å². The number of hydrogen-bond acceptors (Lipinski definition) is 3. The van der Waals surface area contributed by atoms with E-state index in [1.54, 1.807) is 0 Å². The average Bonchev–Trinajstić information content (AvgIpc) is 2.19. The number of nitrogens with two attached hydrogens (primary N) is 1. The van der Waals surface area contributed by atoms with E-state index < -0.39 is 0 Å². The lowest BCUT2D eigenvalue weighted by Crippen LogP contribution is -2.22. The van der Waals surface area contributed by atoms with Crippen LogP contribution in [0.3, 0.4) is 0 Å². The molecule has 1 rings (SSSR count). The van der Waals surface area contributed by atoms with Gasteiger partial charge in [0, 0.05) is 23.7 Å². The fraction of sp³-hybridized carbons (Fsp3) is 0.545. The Morgan fingerprint density at radius 2 is 2.07 bits per heavy atom. The minimum Gasteiger partial charge on any atom is -0.327 e. The molecule has 3 heteroatoms. The third kappa shape index (κ3) is 3.31. The van der Waals surface area contributed by atoms with Crippen molar-refractivity contribution >= 4 is 11.8 Å². The van der Waals surface area contributed by atoms with Gasteiger partial charge in [0.2, 0.25) is 0 Å². The van der Waals surface area contributed by atoms with Crippen LogP contribution in [-0.4, -0.2) is 16.8 Å². The fourth-order valence-corrected chi connectivity index (χ4v) is 2.49. The lowest BCUT2D eigenvalue weighted by molar-refractivity contribution is 0.720. The zero-order valence-electron chi connectivity index (χ0n) is 8.81. The molecule has 0 spiro atoms. The number of nitrogens with zero attached hydrogens (tertiary/aromatic N) is 1. The van der Waals surface area contributed by atoms with Gasteiger partial charge in [-0.1, -0.05) is 6.92 Å². The SMILES string of the molecule is CCCSC(c1ccncc1)C(C)N. The van der Waals surface area contributed by atoms with Crippen LogP contribution in [0.1, 0.15) is 31.1 Å². The van der Waals surface area contributed by atoms with Gasteiger partial charge in [0.05, 0.1) is 0 Å². The molecule has 0 radical (unpaired) electrons. The van der Waals surface area contributed by atoms with Crippen LogP contribution in [0.15, 0.2) is 24.5 Å². The summed E-state index contributed by atoms with van der Waals surface area (Å²) >= 11 is 1.93. The van der Waals surface area contributed by atoms with E-state index in [0.29, 0.717) is 5.25 Å². The van der Waals surface area contributed by atoms with Crippen LogP contribution in [0, 0.1) is 0 Å². The molecule has 78 valence electrons. The van der Waals surface area contributed by atoms with Crippen molar-refractivity contribution in [3.8, 4) is 0 Å². The maximum Gasteiger partial charge on any atom is 0.0446 e. The summed E-state index contributed by atoms with van der Waals surface area (Å²) in [5.41, 5.74) is 7.25. The maximum absolute atomic E-state index is 5.97. The number of thioether (sulfide) groups is 1. The first kappa shape index (κ1) is 11.5. The molecule has 1 aromatic rings. The second kappa shape index (κ2) is 6.04. The van der Waals surface area contributed by atoms with Gasteiger partial charge in [-0.15, -0.1) is 0 Å². The summed E-state index contributed by atoms with van der Waals surface area (Å²) in [7, 11) is 0. The van der Waals surface area contributed by atoms with Crippen LogP contribution in [0.5, 0.6) is 0 Å². The Bertz CT molecular complexity index is 249. The van der Waals surface area contributed by atoms with Gasteiger partial charge < -0.3 is 5.73 Å². The van der Waals surface area contributed by atoms with E-state index in [-0.39, 0.29) is 6.04 Å². The number of aromatic nitrogens is 1. The predicted molar refractivity (Wildman–Crippen MR) is 63.4 cm³/mol. The minimum atomic E-state index is 0.189. The molecule has 1 aromatic heterocycles. The highest BCUT2D eigenvalue weighted by molar-refractivity contribution is 7.99. The van der Waals surface area contributed by atoms with E-state index >= 15 is 0 Å². The van der Waals surface area contributed by atoms with Gasteiger partial charge in [-0.2, -0.15) is 11.8 Å². The second-order valence-corrected chi connectivity index (χ2v) is 4.68. The molecule has 2 atom stereocenters. The largest absolute Gasteiger partial charge is 0.327 e. The van der Waals surface area contributed by atoms with Crippen molar-refractivity contribution in [1.82, 2.24) is 4.98 Å². The van der Waals surface area contributed by atoms with E-state index in [4.69, 9.17) is 5.73 Å². The smallest absolute Gasteiger partial charge is 0.0446 e. The molecule has 0 fully saturated rings. The Balaban J connectivity index is 2.68. The van der Waals surface area contributed by atoms with Gasteiger partial charge in [-0.3, -0.25) is 4.98 Å². The second-order valence-electron chi connectivity index (χ2n) is 3.43. The molecule has 14 heavy (non-hydrogen) atoms. The first-order chi connectivity index (χ1) is 6.75. The molecule has 2 unspecified atom stereocenters. The van der Waals surface area contributed by atoms with Crippen molar-refractivity contribution in [2.24, 2.45) is 5.73 Å². The predicted octanol–water partition coefficient (Wildman–Crippen LogP) is 2.61. The summed E-state index contributed by atoms with van der Waals surface area (Å²) in [6, 6.07) is 4.29. The van der Waals surface area contributed by atoms with Crippen LogP contribution in [0.25, 0.3) is 0 Å². The van der Waals surface area contributed by atoms with Crippen LogP contribution in [0.4, 0.5) is 0 Å². The maximum atomic E-state index is 5.97. The Hall–Kier alpha value is -0.540. The summed E-state index contributed by atoms with van der Waals surface area (Å²) in [6.07, 6.45) is 4.85. The number of rotatable bonds is 5. The van der Waals surface area contributed by atoms with Crippen LogP contribution in [0.2, 0.25) is 0 Å². The molecular formula is C11H18N2S. The van der Waals surface area contributed by atoms with Crippen LogP contribution < -0.4 is 5.73 Å². The van der Waals surface area contributed by atoms with Crippen LogP contribution in [-0.2, 0) is 0 Å². The van der Waals surface area contributed by atoms with Crippen molar-refractivity contribution in [1.29, 1.82) is 0 Å². The first-order valence-corrected chi connectivity index (χ1v) is 6.07. The molecule has 0 bridgehead atoms. The van der Waals surface area contributed by atoms with Gasteiger partial charge in [0.15, 0.2) is 0 Å². The average molecular weight is 210 g/mol. The number of pyridine rings is 1. The molecule has 0 saturated carbocycles. The van der Waals surface area contributed by atoms with E-state index in [1.165, 1.54) is 12.0 Å². The van der Waals surface area contributed by atoms with Gasteiger partial charge in [-0.05, 0) is 36.8 Å². The van der Waals surface area contributed by atoms with E-state index in [0.717, 1.165) is 5.75 Å². The van der Waals surface area contributed by atoms with E-state index in [9.17, 15) is 0 Å². The lowest BCUT2D eigenvalue weighted by atomic mass is 10.1. The molecule has 0 aromatic carbocycles. The van der Waals surface area contributed by atoms with Gasteiger partial charge in [0.25, 0.3) is 0 Å². The fourth-order valence-electron chi connectivity index (χ4n) is 1.35. The summed E-state index contributed by atoms with van der Waals surface area (Å²) in [6.45, 7) is 4.26. The summed E-state index contributed by atoms with van der Waals surface area (Å²) in [5.74, 6) is 1.16. The van der Waals surface area contributed by atoms with Gasteiger partial charge in [0.1, 0.15) is 0 Å². The number of hydrogen-bond donors (Lipinski definition) is 1. The molecular weight excluding hydrogens is 192 g/mol. The van der Waals surface area contributed by atoms with Crippen molar-refractivity contribution in [2.45, 2.75) is 31.6 Å². The molecule has 2 N–H and O–H groups in total. The summed E-state index contributed by atoms with van der Waals surface area (Å²) in [4.78, 5) is 4.02. The molecule has 0 saturated heterocycles. The minimum absolute atomic E-state index is 0.189. The highest BCUT2D eigenvalue weighted by Gasteiger charge is 2.15. The van der Waals surface area contributed by atoms with Crippen LogP contribution >= 0.6 is 11.8 Å². The summed E-state index contributed by atoms with van der Waals surface area (Å²) in [5, 5.41) is 0.401. The summed E-state index contributed by atoms with van der Waals surface area (Å²) < 4.78 is 0. The van der Waals surface area contributed by atoms with Gasteiger partial charge >= 0.3 is 0 Å². The van der Waals surface area contributed by atoms with Crippen molar-refractivity contribution < 1.29 is 0 Å². The molecule has 2 nitrogen and oxygen atoms in total. The zero-order valence-corrected chi connectivity index (χ0v) is 9.63. The highest BCUT2D eigenvalue weighted by atomic mass is 32.2. The van der Waals surface area contributed by atoms with E-state index in [2.05, 4.69) is 31.0 Å². The Morgan fingerprint density at radius 1 is 1.43 bits per heavy atom. The lowest BCUT2D eigenvalue weighted by Gasteiger charge is -2.20. The zero-order chi connectivity index (χ0) is 10.4. The highest BCUT2D eigenvalue weighted by Crippen LogP contribution is 2.31. The first-order valence-electron chi connectivity index (χ1n) is 5.02.